The van der Waals surface area contributed by atoms with Crippen molar-refractivity contribution in [1.29, 1.82) is 0 Å². The molecule has 174 valence electrons. The molecule has 0 unspecified atom stereocenters. The Labute approximate surface area is 192 Å². The smallest absolute Gasteiger partial charge is 0.329 e. The normalized spacial score (nSPS) is 13.5. The SMILES string of the molecule is CCCn1c(=O)n(CC(=O)OCC(=O)Nc2ccc(N3CCCC3)cc2C)c2ccccc21. The fraction of sp³-hybridized carbons (Fsp3) is 0.400. The van der Waals surface area contributed by atoms with Crippen molar-refractivity contribution in [2.24, 2.45) is 0 Å². The zero-order chi connectivity index (χ0) is 23.4. The van der Waals surface area contributed by atoms with Crippen molar-refractivity contribution in [3.63, 3.8) is 0 Å². The minimum atomic E-state index is -0.632. The molecule has 2 aromatic carbocycles. The van der Waals surface area contributed by atoms with Crippen LogP contribution in [0.1, 0.15) is 31.7 Å². The number of aromatic nitrogens is 2. The number of amides is 1. The van der Waals surface area contributed by atoms with Gasteiger partial charge in [0.1, 0.15) is 6.54 Å². The monoisotopic (exact) mass is 450 g/mol. The van der Waals surface area contributed by atoms with Gasteiger partial charge in [-0.3, -0.25) is 18.7 Å². The van der Waals surface area contributed by atoms with Gasteiger partial charge in [0.05, 0.1) is 11.0 Å². The Balaban J connectivity index is 1.36. The van der Waals surface area contributed by atoms with Gasteiger partial charge >= 0.3 is 11.7 Å². The number of imidazole rings is 1. The molecule has 0 spiro atoms. The molecule has 1 aromatic heterocycles. The predicted octanol–water partition coefficient (Wildman–Crippen LogP) is 3.30. The maximum absolute atomic E-state index is 12.8. The Bertz CT molecular complexity index is 1220. The lowest BCUT2D eigenvalue weighted by Gasteiger charge is -2.19. The number of nitrogens with zero attached hydrogens (tertiary/aromatic N) is 3. The van der Waals surface area contributed by atoms with Gasteiger partial charge in [0.2, 0.25) is 0 Å². The van der Waals surface area contributed by atoms with Crippen molar-refractivity contribution in [2.45, 2.75) is 46.2 Å². The minimum absolute atomic E-state index is 0.243. The van der Waals surface area contributed by atoms with Crippen LogP contribution in [0.15, 0.2) is 47.3 Å². The molecule has 0 aliphatic carbocycles. The molecule has 1 fully saturated rings. The van der Waals surface area contributed by atoms with Gasteiger partial charge in [-0.2, -0.15) is 0 Å². The maximum Gasteiger partial charge on any atom is 0.329 e. The molecule has 0 bridgehead atoms. The molecule has 1 aliphatic heterocycles. The third kappa shape index (κ3) is 4.94. The van der Waals surface area contributed by atoms with Crippen LogP contribution >= 0.6 is 0 Å². The molecule has 8 nitrogen and oxygen atoms in total. The van der Waals surface area contributed by atoms with E-state index in [0.29, 0.717) is 17.7 Å². The Morgan fingerprint density at radius 2 is 1.73 bits per heavy atom. The standard InChI is InChI=1S/C25H30N4O4/c1-3-12-28-21-8-4-5-9-22(21)29(25(28)32)16-24(31)33-17-23(30)26-20-11-10-19(15-18(20)2)27-13-6-7-14-27/h4-5,8-11,15H,3,6-7,12-14,16-17H2,1-2H3,(H,26,30). The summed E-state index contributed by atoms with van der Waals surface area (Å²) in [6.07, 6.45) is 3.21. The van der Waals surface area contributed by atoms with E-state index < -0.39 is 18.5 Å². The fourth-order valence-corrected chi connectivity index (χ4v) is 4.33. The van der Waals surface area contributed by atoms with Gasteiger partial charge in [-0.25, -0.2) is 4.79 Å². The van der Waals surface area contributed by atoms with Crippen molar-refractivity contribution in [2.75, 3.05) is 29.9 Å². The van der Waals surface area contributed by atoms with Crippen LogP contribution in [-0.2, 0) is 27.4 Å². The highest BCUT2D eigenvalue weighted by atomic mass is 16.5. The second-order valence-corrected chi connectivity index (χ2v) is 8.41. The van der Waals surface area contributed by atoms with Crippen molar-refractivity contribution < 1.29 is 14.3 Å². The van der Waals surface area contributed by atoms with E-state index >= 15 is 0 Å². The Kier molecular flexibility index (Phi) is 6.82. The van der Waals surface area contributed by atoms with Crippen LogP contribution in [0.25, 0.3) is 11.0 Å². The van der Waals surface area contributed by atoms with Gasteiger partial charge in [-0.15, -0.1) is 0 Å². The molecular weight excluding hydrogens is 420 g/mol. The summed E-state index contributed by atoms with van der Waals surface area (Å²) in [7, 11) is 0. The van der Waals surface area contributed by atoms with E-state index in [-0.39, 0.29) is 12.2 Å². The fourth-order valence-electron chi connectivity index (χ4n) is 4.33. The van der Waals surface area contributed by atoms with Crippen LogP contribution in [0.2, 0.25) is 0 Å². The number of ether oxygens (including phenoxy) is 1. The van der Waals surface area contributed by atoms with E-state index in [2.05, 4.69) is 16.3 Å². The summed E-state index contributed by atoms with van der Waals surface area (Å²) in [5, 5.41) is 2.80. The van der Waals surface area contributed by atoms with Gasteiger partial charge < -0.3 is 15.0 Å². The summed E-state index contributed by atoms with van der Waals surface area (Å²) in [4.78, 5) is 39.9. The number of benzene rings is 2. The van der Waals surface area contributed by atoms with Crippen LogP contribution in [0.4, 0.5) is 11.4 Å². The predicted molar refractivity (Wildman–Crippen MR) is 129 cm³/mol. The van der Waals surface area contributed by atoms with Crippen LogP contribution in [0, 0.1) is 6.92 Å². The number of hydrogen-bond acceptors (Lipinski definition) is 5. The molecule has 0 saturated carbocycles. The topological polar surface area (TPSA) is 85.6 Å². The first-order valence-corrected chi connectivity index (χ1v) is 11.5. The molecule has 2 heterocycles. The number of fused-ring (bicyclic) bond motifs is 1. The van der Waals surface area contributed by atoms with Crippen molar-refractivity contribution in [3.05, 3.63) is 58.5 Å². The number of nitrogens with one attached hydrogen (secondary N) is 1. The largest absolute Gasteiger partial charge is 0.454 e. The van der Waals surface area contributed by atoms with E-state index in [9.17, 15) is 14.4 Å². The second-order valence-electron chi connectivity index (χ2n) is 8.41. The number of carbonyl (C=O) groups is 2. The molecule has 8 heteroatoms. The first kappa shape index (κ1) is 22.6. The zero-order valence-electron chi connectivity index (χ0n) is 19.2. The van der Waals surface area contributed by atoms with Gasteiger partial charge in [0.25, 0.3) is 5.91 Å². The molecule has 1 N–H and O–H groups in total. The number of rotatable bonds is 8. The highest BCUT2D eigenvalue weighted by Gasteiger charge is 2.17. The van der Waals surface area contributed by atoms with Crippen LogP contribution in [0.5, 0.6) is 0 Å². The molecule has 1 amide bonds. The molecule has 4 rings (SSSR count). The summed E-state index contributed by atoms with van der Waals surface area (Å²) in [6.45, 7) is 5.97. The minimum Gasteiger partial charge on any atom is -0.454 e. The summed E-state index contributed by atoms with van der Waals surface area (Å²) in [6, 6.07) is 13.3. The lowest BCUT2D eigenvalue weighted by atomic mass is 10.1. The van der Waals surface area contributed by atoms with Crippen LogP contribution < -0.4 is 15.9 Å². The number of hydrogen-bond donors (Lipinski definition) is 1. The van der Waals surface area contributed by atoms with Crippen molar-refractivity contribution in [1.82, 2.24) is 9.13 Å². The summed E-state index contributed by atoms with van der Waals surface area (Å²) in [5.41, 5.74) is 4.00. The molecule has 3 aromatic rings. The van der Waals surface area contributed by atoms with Gasteiger partial charge in [-0.05, 0) is 62.1 Å². The van der Waals surface area contributed by atoms with E-state index in [0.717, 1.165) is 36.3 Å². The van der Waals surface area contributed by atoms with Crippen molar-refractivity contribution in [3.8, 4) is 0 Å². The van der Waals surface area contributed by atoms with Gasteiger partial charge in [-0.1, -0.05) is 19.1 Å². The van der Waals surface area contributed by atoms with E-state index in [1.54, 1.807) is 10.6 Å². The summed E-state index contributed by atoms with van der Waals surface area (Å²) in [5.74, 6) is -1.05. The average Bonchev–Trinajstić information content (AvgIpc) is 3.43. The lowest BCUT2D eigenvalue weighted by molar-refractivity contribution is -0.147. The molecular formula is C25H30N4O4. The molecule has 0 radical (unpaired) electrons. The molecule has 33 heavy (non-hydrogen) atoms. The Hall–Kier alpha value is -3.55. The van der Waals surface area contributed by atoms with Gasteiger partial charge in [0, 0.05) is 31.0 Å². The third-order valence-corrected chi connectivity index (χ3v) is 5.98. The average molecular weight is 451 g/mol. The Morgan fingerprint density at radius 3 is 2.39 bits per heavy atom. The van der Waals surface area contributed by atoms with E-state index in [1.807, 2.05) is 44.2 Å². The van der Waals surface area contributed by atoms with E-state index in [4.69, 9.17) is 4.74 Å². The molecule has 0 atom stereocenters. The van der Waals surface area contributed by atoms with E-state index in [1.165, 1.54) is 17.4 Å². The van der Waals surface area contributed by atoms with Crippen LogP contribution in [0.3, 0.4) is 0 Å². The lowest BCUT2D eigenvalue weighted by Crippen LogP contribution is -2.29. The quantitative estimate of drug-likeness (QED) is 0.532. The highest BCUT2D eigenvalue weighted by Crippen LogP contribution is 2.25. The number of anilines is 2. The summed E-state index contributed by atoms with van der Waals surface area (Å²) < 4.78 is 8.22. The zero-order valence-corrected chi connectivity index (χ0v) is 19.2. The first-order chi connectivity index (χ1) is 16.0. The summed E-state index contributed by atoms with van der Waals surface area (Å²) >= 11 is 0. The number of aryl methyl sites for hydroxylation is 2. The molecule has 1 aliphatic rings. The van der Waals surface area contributed by atoms with Crippen LogP contribution in [-0.4, -0.2) is 40.7 Å². The third-order valence-electron chi connectivity index (χ3n) is 5.98. The maximum atomic E-state index is 12.8. The second kappa shape index (κ2) is 9.94. The number of carbonyl (C=O) groups excluding carboxylic acids is 2. The Morgan fingerprint density at radius 1 is 1.03 bits per heavy atom. The van der Waals surface area contributed by atoms with Gasteiger partial charge in [0.15, 0.2) is 6.61 Å². The molecule has 1 saturated heterocycles. The van der Waals surface area contributed by atoms with Crippen molar-refractivity contribution >= 4 is 34.3 Å². The number of esters is 1. The number of para-hydroxylation sites is 2. The first-order valence-electron chi connectivity index (χ1n) is 11.5. The highest BCUT2D eigenvalue weighted by molar-refractivity contribution is 5.93.